The minimum absolute atomic E-state index is 0.204. The lowest BCUT2D eigenvalue weighted by Gasteiger charge is -2.13. The van der Waals surface area contributed by atoms with Crippen LogP contribution in [0, 0.1) is 20.8 Å². The van der Waals surface area contributed by atoms with Gasteiger partial charge in [0.1, 0.15) is 11.5 Å². The molecular weight excluding hydrogens is 480 g/mol. The Bertz CT molecular complexity index is 812. The number of nitrogens with one attached hydrogen (secondary N) is 2. The van der Waals surface area contributed by atoms with E-state index in [1.807, 2.05) is 51.1 Å². The van der Waals surface area contributed by atoms with Crippen molar-refractivity contribution in [3.05, 3.63) is 56.0 Å². The Kier molecular flexibility index (Phi) is 7.67. The van der Waals surface area contributed by atoms with Gasteiger partial charge in [-0.15, -0.1) is 0 Å². The molecule has 0 atom stereocenters. The molecule has 0 unspecified atom stereocenters. The second-order valence-electron chi connectivity index (χ2n) is 5.93. The highest BCUT2D eigenvalue weighted by atomic mass is 79.9. The molecule has 2 rings (SSSR count). The quantitative estimate of drug-likeness (QED) is 0.593. The van der Waals surface area contributed by atoms with Crippen LogP contribution in [-0.2, 0) is 9.59 Å². The first-order chi connectivity index (χ1) is 12.8. The van der Waals surface area contributed by atoms with Crippen molar-refractivity contribution in [1.29, 1.82) is 0 Å². The lowest BCUT2D eigenvalue weighted by molar-refractivity contribution is -0.131. The Labute approximate surface area is 174 Å². The zero-order valence-electron chi connectivity index (χ0n) is 15.2. The summed E-state index contributed by atoms with van der Waals surface area (Å²) >= 11 is 6.78. The van der Waals surface area contributed by atoms with Gasteiger partial charge < -0.3 is 9.47 Å². The van der Waals surface area contributed by atoms with Crippen LogP contribution in [0.5, 0.6) is 11.5 Å². The molecule has 2 amide bonds. The first kappa shape index (κ1) is 21.2. The first-order valence-corrected chi connectivity index (χ1v) is 9.71. The Morgan fingerprint density at radius 1 is 0.852 bits per heavy atom. The number of halogens is 2. The third kappa shape index (κ3) is 6.25. The fourth-order valence-corrected chi connectivity index (χ4v) is 3.94. The second kappa shape index (κ2) is 9.75. The summed E-state index contributed by atoms with van der Waals surface area (Å²) in [5.74, 6) is 0.285. The van der Waals surface area contributed by atoms with E-state index < -0.39 is 11.8 Å². The Hall–Kier alpha value is -2.06. The van der Waals surface area contributed by atoms with Crippen molar-refractivity contribution in [2.75, 3.05) is 13.2 Å². The van der Waals surface area contributed by atoms with Crippen molar-refractivity contribution < 1.29 is 19.1 Å². The molecule has 0 aromatic heterocycles. The van der Waals surface area contributed by atoms with Crippen LogP contribution in [0.4, 0.5) is 0 Å². The Morgan fingerprint density at radius 3 is 1.89 bits per heavy atom. The fourth-order valence-electron chi connectivity index (χ4n) is 2.39. The average Bonchev–Trinajstić information content (AvgIpc) is 2.58. The molecule has 2 aromatic carbocycles. The smallest absolute Gasteiger partial charge is 0.276 e. The molecule has 2 N–H and O–H groups in total. The van der Waals surface area contributed by atoms with E-state index in [0.29, 0.717) is 11.5 Å². The number of carbonyl (C=O) groups excluding carboxylic acids is 2. The molecule has 0 aliphatic rings. The van der Waals surface area contributed by atoms with E-state index >= 15 is 0 Å². The number of rotatable bonds is 6. The van der Waals surface area contributed by atoms with Crippen LogP contribution in [0.3, 0.4) is 0 Å². The molecular formula is C19H20Br2N2O4. The molecule has 0 saturated heterocycles. The van der Waals surface area contributed by atoms with Gasteiger partial charge in [-0.05, 0) is 65.5 Å². The van der Waals surface area contributed by atoms with Crippen molar-refractivity contribution in [2.45, 2.75) is 20.8 Å². The number of hydrogen-bond donors (Lipinski definition) is 2. The van der Waals surface area contributed by atoms with Crippen LogP contribution in [0.2, 0.25) is 0 Å². The summed E-state index contributed by atoms with van der Waals surface area (Å²) in [7, 11) is 0. The maximum Gasteiger partial charge on any atom is 0.276 e. The summed E-state index contributed by atoms with van der Waals surface area (Å²) < 4.78 is 12.7. The minimum atomic E-state index is -0.482. The van der Waals surface area contributed by atoms with Gasteiger partial charge in [0.2, 0.25) is 0 Å². The number of hydrogen-bond acceptors (Lipinski definition) is 4. The van der Waals surface area contributed by atoms with Gasteiger partial charge in [0, 0.05) is 4.47 Å². The summed E-state index contributed by atoms with van der Waals surface area (Å²) in [6.07, 6.45) is 0. The van der Waals surface area contributed by atoms with Gasteiger partial charge in [-0.2, -0.15) is 0 Å². The highest BCUT2D eigenvalue weighted by Crippen LogP contribution is 2.32. The van der Waals surface area contributed by atoms with Gasteiger partial charge in [-0.25, -0.2) is 0 Å². The van der Waals surface area contributed by atoms with Gasteiger partial charge in [0.05, 0.1) is 4.47 Å². The number of ether oxygens (including phenoxy) is 2. The molecule has 0 bridgehead atoms. The van der Waals surface area contributed by atoms with Crippen molar-refractivity contribution >= 4 is 43.7 Å². The third-order valence-electron chi connectivity index (χ3n) is 3.64. The maximum absolute atomic E-state index is 11.9. The molecule has 2 aromatic rings. The molecule has 0 saturated carbocycles. The summed E-state index contributed by atoms with van der Waals surface area (Å²) in [6.45, 7) is 5.24. The number of carbonyl (C=O) groups is 2. The topological polar surface area (TPSA) is 76.7 Å². The number of amides is 2. The maximum atomic E-state index is 11.9. The molecule has 6 nitrogen and oxygen atoms in total. The van der Waals surface area contributed by atoms with Crippen LogP contribution in [0.25, 0.3) is 0 Å². The summed E-state index contributed by atoms with van der Waals surface area (Å²) in [5.41, 5.74) is 7.36. The average molecular weight is 500 g/mol. The van der Waals surface area contributed by atoms with Crippen molar-refractivity contribution in [1.82, 2.24) is 10.9 Å². The normalized spacial score (nSPS) is 10.3. The standard InChI is InChI=1S/C19H20Br2N2O4/c1-11-5-4-6-12(2)18(11)26-9-16(24)22-23-17(25)10-27-19-13(3)7-14(20)8-15(19)21/h4-8H,9-10H2,1-3H3,(H,22,24)(H,23,25). The number of hydrazine groups is 1. The summed E-state index contributed by atoms with van der Waals surface area (Å²) in [4.78, 5) is 23.7. The highest BCUT2D eigenvalue weighted by molar-refractivity contribution is 9.11. The molecule has 0 heterocycles. The van der Waals surface area contributed by atoms with Gasteiger partial charge in [-0.1, -0.05) is 34.1 Å². The van der Waals surface area contributed by atoms with E-state index in [-0.39, 0.29) is 13.2 Å². The van der Waals surface area contributed by atoms with Crippen LogP contribution < -0.4 is 20.3 Å². The van der Waals surface area contributed by atoms with Crippen LogP contribution in [0.1, 0.15) is 16.7 Å². The van der Waals surface area contributed by atoms with Crippen LogP contribution in [-0.4, -0.2) is 25.0 Å². The largest absolute Gasteiger partial charge is 0.483 e. The highest BCUT2D eigenvalue weighted by Gasteiger charge is 2.11. The predicted molar refractivity (Wildman–Crippen MR) is 110 cm³/mol. The van der Waals surface area contributed by atoms with E-state index in [4.69, 9.17) is 9.47 Å². The number of aryl methyl sites for hydroxylation is 3. The summed E-state index contributed by atoms with van der Waals surface area (Å²) in [5, 5.41) is 0. The monoisotopic (exact) mass is 498 g/mol. The van der Waals surface area contributed by atoms with E-state index in [0.717, 1.165) is 25.6 Å². The Morgan fingerprint density at radius 2 is 1.37 bits per heavy atom. The molecule has 0 spiro atoms. The lowest BCUT2D eigenvalue weighted by atomic mass is 10.1. The van der Waals surface area contributed by atoms with E-state index in [2.05, 4.69) is 42.7 Å². The van der Waals surface area contributed by atoms with Crippen molar-refractivity contribution in [3.8, 4) is 11.5 Å². The van der Waals surface area contributed by atoms with Crippen molar-refractivity contribution in [3.63, 3.8) is 0 Å². The number of para-hydroxylation sites is 1. The summed E-state index contributed by atoms with van der Waals surface area (Å²) in [6, 6.07) is 9.43. The third-order valence-corrected chi connectivity index (χ3v) is 4.69. The van der Waals surface area contributed by atoms with E-state index in [1.165, 1.54) is 0 Å². The van der Waals surface area contributed by atoms with Crippen LogP contribution >= 0.6 is 31.9 Å². The zero-order valence-corrected chi connectivity index (χ0v) is 18.4. The SMILES string of the molecule is Cc1cccc(C)c1OCC(=O)NNC(=O)COc1c(C)cc(Br)cc1Br. The molecule has 0 aliphatic carbocycles. The molecule has 0 fully saturated rings. The molecule has 8 heteroatoms. The predicted octanol–water partition coefficient (Wildman–Crippen LogP) is 3.74. The molecule has 27 heavy (non-hydrogen) atoms. The van der Waals surface area contributed by atoms with Crippen molar-refractivity contribution in [2.24, 2.45) is 0 Å². The lowest BCUT2D eigenvalue weighted by Crippen LogP contribution is -2.45. The molecule has 0 radical (unpaired) electrons. The number of benzene rings is 2. The first-order valence-electron chi connectivity index (χ1n) is 8.13. The van der Waals surface area contributed by atoms with E-state index in [9.17, 15) is 9.59 Å². The molecule has 144 valence electrons. The van der Waals surface area contributed by atoms with Gasteiger partial charge >= 0.3 is 0 Å². The van der Waals surface area contributed by atoms with Gasteiger partial charge in [0.15, 0.2) is 13.2 Å². The second-order valence-corrected chi connectivity index (χ2v) is 7.70. The fraction of sp³-hybridized carbons (Fsp3) is 0.263. The van der Waals surface area contributed by atoms with Gasteiger partial charge in [0.25, 0.3) is 11.8 Å². The van der Waals surface area contributed by atoms with Gasteiger partial charge in [-0.3, -0.25) is 20.4 Å². The zero-order chi connectivity index (χ0) is 20.0. The van der Waals surface area contributed by atoms with E-state index in [1.54, 1.807) is 0 Å². The molecule has 0 aliphatic heterocycles. The minimum Gasteiger partial charge on any atom is -0.483 e. The Balaban J connectivity index is 1.78. The van der Waals surface area contributed by atoms with Crippen LogP contribution in [0.15, 0.2) is 39.3 Å².